The molecule has 146 valence electrons. The summed E-state index contributed by atoms with van der Waals surface area (Å²) < 4.78 is 7.17. The summed E-state index contributed by atoms with van der Waals surface area (Å²) in [5.74, 6) is 1.05. The first-order chi connectivity index (χ1) is 13.6. The Kier molecular flexibility index (Phi) is 7.02. The van der Waals surface area contributed by atoms with Crippen molar-refractivity contribution in [2.24, 2.45) is 0 Å². The van der Waals surface area contributed by atoms with Crippen LogP contribution in [-0.2, 0) is 0 Å². The van der Waals surface area contributed by atoms with Crippen LogP contribution >= 0.6 is 23.4 Å². The molecule has 0 amide bonds. The molecule has 7 nitrogen and oxygen atoms in total. The lowest BCUT2D eigenvalue weighted by Gasteiger charge is -2.12. The first-order valence-electron chi connectivity index (χ1n) is 8.68. The molecule has 0 aliphatic heterocycles. The molecule has 3 rings (SSSR count). The number of hydrogen-bond donors (Lipinski definition) is 1. The molecule has 28 heavy (non-hydrogen) atoms. The molecule has 0 saturated heterocycles. The fraction of sp³-hybridized carbons (Fsp3) is 0.263. The lowest BCUT2D eigenvalue weighted by atomic mass is 10.1. The van der Waals surface area contributed by atoms with Gasteiger partial charge < -0.3 is 9.84 Å². The highest BCUT2D eigenvalue weighted by molar-refractivity contribution is 7.99. The molecule has 1 unspecified atom stereocenters. The standard InChI is InChI=1S/C19H19ClN4O3S/c1-2-18(26)13-3-9-17(10-4-13)27-11-16(25)12-28-19-21-22-23-24(19)15-7-5-14(20)6-8-15/h3-10,16,25H,2,11-12H2,1H3. The number of ketones is 1. The molecule has 3 aromatic rings. The molecule has 1 heterocycles. The Labute approximate surface area is 171 Å². The van der Waals surface area contributed by atoms with E-state index in [1.807, 2.05) is 19.1 Å². The van der Waals surface area contributed by atoms with E-state index >= 15 is 0 Å². The molecule has 0 spiro atoms. The first-order valence-corrected chi connectivity index (χ1v) is 10.0. The van der Waals surface area contributed by atoms with Gasteiger partial charge in [-0.25, -0.2) is 0 Å². The lowest BCUT2D eigenvalue weighted by molar-refractivity contribution is 0.0987. The molecule has 0 aliphatic carbocycles. The summed E-state index contributed by atoms with van der Waals surface area (Å²) in [5.41, 5.74) is 1.43. The van der Waals surface area contributed by atoms with Gasteiger partial charge in [-0.15, -0.1) is 5.10 Å². The monoisotopic (exact) mass is 418 g/mol. The topological polar surface area (TPSA) is 90.1 Å². The van der Waals surface area contributed by atoms with Gasteiger partial charge in [0, 0.05) is 22.8 Å². The molecule has 0 fully saturated rings. The van der Waals surface area contributed by atoms with E-state index in [0.29, 0.717) is 33.7 Å². The molecule has 0 aliphatic rings. The maximum atomic E-state index is 11.6. The highest BCUT2D eigenvalue weighted by Crippen LogP contribution is 2.21. The number of hydrogen-bond acceptors (Lipinski definition) is 7. The van der Waals surface area contributed by atoms with Crippen molar-refractivity contribution >= 4 is 29.1 Å². The van der Waals surface area contributed by atoms with Crippen LogP contribution in [0, 0.1) is 0 Å². The van der Waals surface area contributed by atoms with Gasteiger partial charge >= 0.3 is 0 Å². The van der Waals surface area contributed by atoms with Crippen molar-refractivity contribution in [3.05, 3.63) is 59.1 Å². The third-order valence-electron chi connectivity index (χ3n) is 3.86. The van der Waals surface area contributed by atoms with E-state index in [4.69, 9.17) is 16.3 Å². The van der Waals surface area contributed by atoms with Crippen LogP contribution in [0.25, 0.3) is 5.69 Å². The minimum atomic E-state index is -0.711. The molecular weight excluding hydrogens is 400 g/mol. The molecule has 0 bridgehead atoms. The molecular formula is C19H19ClN4O3S. The number of aliphatic hydroxyl groups excluding tert-OH is 1. The second kappa shape index (κ2) is 9.68. The number of thioether (sulfide) groups is 1. The molecule has 1 N–H and O–H groups in total. The summed E-state index contributed by atoms with van der Waals surface area (Å²) in [4.78, 5) is 11.6. The van der Waals surface area contributed by atoms with Gasteiger partial charge in [0.25, 0.3) is 0 Å². The van der Waals surface area contributed by atoms with Crippen molar-refractivity contribution in [2.75, 3.05) is 12.4 Å². The zero-order valence-electron chi connectivity index (χ0n) is 15.2. The van der Waals surface area contributed by atoms with Crippen LogP contribution in [-0.4, -0.2) is 49.6 Å². The third-order valence-corrected chi connectivity index (χ3v) is 5.17. The molecule has 2 aromatic carbocycles. The third kappa shape index (κ3) is 5.31. The van der Waals surface area contributed by atoms with Crippen LogP contribution in [0.3, 0.4) is 0 Å². The highest BCUT2D eigenvalue weighted by Gasteiger charge is 2.13. The minimum absolute atomic E-state index is 0.0846. The number of rotatable bonds is 9. The predicted molar refractivity (Wildman–Crippen MR) is 107 cm³/mol. The van der Waals surface area contributed by atoms with Crippen LogP contribution in [0.15, 0.2) is 53.7 Å². The Bertz CT molecular complexity index is 916. The first kappa shape index (κ1) is 20.3. The predicted octanol–water partition coefficient (Wildman–Crippen LogP) is 3.44. The van der Waals surface area contributed by atoms with Crippen molar-refractivity contribution in [1.82, 2.24) is 20.2 Å². The highest BCUT2D eigenvalue weighted by atomic mass is 35.5. The van der Waals surface area contributed by atoms with Gasteiger partial charge in [-0.1, -0.05) is 30.3 Å². The second-order valence-corrected chi connectivity index (χ2v) is 7.35. The van der Waals surface area contributed by atoms with Crippen LogP contribution in [0.2, 0.25) is 5.02 Å². The van der Waals surface area contributed by atoms with E-state index in [2.05, 4.69) is 15.5 Å². The van der Waals surface area contributed by atoms with Gasteiger partial charge in [-0.2, -0.15) is 4.68 Å². The number of carbonyl (C=O) groups is 1. The zero-order chi connectivity index (χ0) is 19.9. The number of nitrogens with zero attached hydrogens (tertiary/aromatic N) is 4. The summed E-state index contributed by atoms with van der Waals surface area (Å²) >= 11 is 7.23. The maximum Gasteiger partial charge on any atom is 0.214 e. The molecule has 1 aromatic heterocycles. The van der Waals surface area contributed by atoms with Gasteiger partial charge in [0.2, 0.25) is 5.16 Å². The van der Waals surface area contributed by atoms with Gasteiger partial charge in [0.1, 0.15) is 12.4 Å². The van der Waals surface area contributed by atoms with Crippen LogP contribution < -0.4 is 4.74 Å². The van der Waals surface area contributed by atoms with Gasteiger partial charge in [-0.05, 0) is 59.0 Å². The van der Waals surface area contributed by atoms with E-state index < -0.39 is 6.10 Å². The summed E-state index contributed by atoms with van der Waals surface area (Å²) in [6.45, 7) is 1.95. The smallest absolute Gasteiger partial charge is 0.214 e. The normalized spacial score (nSPS) is 12.0. The number of halogens is 1. The Balaban J connectivity index is 1.51. The Morgan fingerprint density at radius 1 is 1.21 bits per heavy atom. The summed E-state index contributed by atoms with van der Waals surface area (Å²) in [5, 5.41) is 23.0. The number of carbonyl (C=O) groups excluding carboxylic acids is 1. The van der Waals surface area contributed by atoms with E-state index in [0.717, 1.165) is 5.69 Å². The average Bonchev–Trinajstić information content (AvgIpc) is 3.19. The Morgan fingerprint density at radius 2 is 1.93 bits per heavy atom. The molecule has 9 heteroatoms. The number of Topliss-reactive ketones (excluding diaryl/α,β-unsaturated/α-hetero) is 1. The van der Waals surface area contributed by atoms with Gasteiger partial charge in [-0.3, -0.25) is 4.79 Å². The van der Waals surface area contributed by atoms with Crippen molar-refractivity contribution < 1.29 is 14.6 Å². The second-order valence-electron chi connectivity index (χ2n) is 5.93. The fourth-order valence-corrected chi connectivity index (χ4v) is 3.29. The Morgan fingerprint density at radius 3 is 2.61 bits per heavy atom. The fourth-order valence-electron chi connectivity index (χ4n) is 2.37. The van der Waals surface area contributed by atoms with Crippen LogP contribution in [0.5, 0.6) is 5.75 Å². The quantitative estimate of drug-likeness (QED) is 0.420. The van der Waals surface area contributed by atoms with Gasteiger partial charge in [0.15, 0.2) is 5.78 Å². The van der Waals surface area contributed by atoms with E-state index in [9.17, 15) is 9.90 Å². The largest absolute Gasteiger partial charge is 0.491 e. The summed E-state index contributed by atoms with van der Waals surface area (Å²) in [7, 11) is 0. The number of tetrazole rings is 1. The summed E-state index contributed by atoms with van der Waals surface area (Å²) in [6, 6.07) is 14.0. The SMILES string of the molecule is CCC(=O)c1ccc(OCC(O)CSc2nnnn2-c2ccc(Cl)cc2)cc1. The number of aliphatic hydroxyl groups is 1. The molecule has 0 saturated carbocycles. The number of ether oxygens (including phenoxy) is 1. The van der Waals surface area contributed by atoms with E-state index in [1.54, 1.807) is 41.1 Å². The van der Waals surface area contributed by atoms with Crippen LogP contribution in [0.4, 0.5) is 0 Å². The van der Waals surface area contributed by atoms with Crippen molar-refractivity contribution in [3.63, 3.8) is 0 Å². The number of aromatic nitrogens is 4. The lowest BCUT2D eigenvalue weighted by Crippen LogP contribution is -2.20. The van der Waals surface area contributed by atoms with Crippen molar-refractivity contribution in [2.45, 2.75) is 24.6 Å². The zero-order valence-corrected chi connectivity index (χ0v) is 16.7. The van der Waals surface area contributed by atoms with E-state index in [-0.39, 0.29) is 12.4 Å². The summed E-state index contributed by atoms with van der Waals surface area (Å²) in [6.07, 6.45) is -0.247. The van der Waals surface area contributed by atoms with Crippen molar-refractivity contribution in [1.29, 1.82) is 0 Å². The minimum Gasteiger partial charge on any atom is -0.491 e. The van der Waals surface area contributed by atoms with Gasteiger partial charge in [0.05, 0.1) is 11.8 Å². The van der Waals surface area contributed by atoms with E-state index in [1.165, 1.54) is 11.8 Å². The maximum absolute atomic E-state index is 11.6. The average molecular weight is 419 g/mol. The molecule has 0 radical (unpaired) electrons. The molecule has 1 atom stereocenters. The Hall–Kier alpha value is -2.42. The number of benzene rings is 2. The van der Waals surface area contributed by atoms with Crippen molar-refractivity contribution in [3.8, 4) is 11.4 Å². The van der Waals surface area contributed by atoms with Crippen LogP contribution in [0.1, 0.15) is 23.7 Å².